The molecule has 1 aliphatic rings. The van der Waals surface area contributed by atoms with E-state index in [0.717, 1.165) is 6.20 Å². The summed E-state index contributed by atoms with van der Waals surface area (Å²) in [6, 6.07) is 4.53. The number of rotatable bonds is 3. The molecule has 2 amide bonds. The second-order valence-electron chi connectivity index (χ2n) is 4.31. The van der Waals surface area contributed by atoms with Gasteiger partial charge in [0.15, 0.2) is 11.6 Å². The Labute approximate surface area is 118 Å². The van der Waals surface area contributed by atoms with Crippen LogP contribution in [0.5, 0.6) is 0 Å². The molecule has 0 saturated heterocycles. The minimum absolute atomic E-state index is 0.0287. The van der Waals surface area contributed by atoms with E-state index in [1.807, 2.05) is 0 Å². The standard InChI is InChI=1S/C13H10FN5O2/c1-15-13-16-5-9(14)10(18-13)17-6-2-3-7-8(4-6)12(21)19-11(7)20/h2-5H,1H3,(H,19,20,21)(H2,15,16,17,18). The average Bonchev–Trinajstić information content (AvgIpc) is 2.76. The van der Waals surface area contributed by atoms with E-state index in [9.17, 15) is 14.0 Å². The third-order valence-electron chi connectivity index (χ3n) is 2.97. The van der Waals surface area contributed by atoms with Gasteiger partial charge in [-0.15, -0.1) is 0 Å². The van der Waals surface area contributed by atoms with E-state index >= 15 is 0 Å². The molecule has 3 rings (SSSR count). The number of carbonyl (C=O) groups excluding carboxylic acids is 2. The van der Waals surface area contributed by atoms with Gasteiger partial charge in [0.2, 0.25) is 5.95 Å². The molecule has 0 spiro atoms. The van der Waals surface area contributed by atoms with Crippen molar-refractivity contribution in [2.24, 2.45) is 0 Å². The highest BCUT2D eigenvalue weighted by atomic mass is 19.1. The van der Waals surface area contributed by atoms with Crippen molar-refractivity contribution in [2.45, 2.75) is 0 Å². The van der Waals surface area contributed by atoms with Crippen LogP contribution in [-0.4, -0.2) is 28.8 Å². The molecule has 1 aliphatic heterocycles. The lowest BCUT2D eigenvalue weighted by Crippen LogP contribution is -2.19. The lowest BCUT2D eigenvalue weighted by molar-refractivity contribution is 0.0879. The fourth-order valence-corrected chi connectivity index (χ4v) is 1.96. The summed E-state index contributed by atoms with van der Waals surface area (Å²) in [7, 11) is 1.61. The lowest BCUT2D eigenvalue weighted by Gasteiger charge is -2.08. The summed E-state index contributed by atoms with van der Waals surface area (Å²) in [6.07, 6.45) is 1.03. The van der Waals surface area contributed by atoms with Crippen molar-refractivity contribution in [3.8, 4) is 0 Å². The number of anilines is 3. The van der Waals surface area contributed by atoms with Crippen molar-refractivity contribution in [3.63, 3.8) is 0 Å². The van der Waals surface area contributed by atoms with Crippen LogP contribution in [0.3, 0.4) is 0 Å². The van der Waals surface area contributed by atoms with Gasteiger partial charge >= 0.3 is 0 Å². The van der Waals surface area contributed by atoms with E-state index in [1.54, 1.807) is 13.1 Å². The third-order valence-corrected chi connectivity index (χ3v) is 2.97. The maximum atomic E-state index is 13.7. The Balaban J connectivity index is 1.95. The third kappa shape index (κ3) is 2.27. The molecule has 0 radical (unpaired) electrons. The molecule has 0 bridgehead atoms. The second-order valence-corrected chi connectivity index (χ2v) is 4.31. The molecule has 0 saturated carbocycles. The number of benzene rings is 1. The molecule has 7 nitrogen and oxygen atoms in total. The van der Waals surface area contributed by atoms with Crippen LogP contribution in [-0.2, 0) is 0 Å². The van der Waals surface area contributed by atoms with Gasteiger partial charge < -0.3 is 10.6 Å². The van der Waals surface area contributed by atoms with Gasteiger partial charge in [-0.25, -0.2) is 9.37 Å². The van der Waals surface area contributed by atoms with Gasteiger partial charge in [-0.2, -0.15) is 4.98 Å². The topological polar surface area (TPSA) is 96.0 Å². The van der Waals surface area contributed by atoms with Gasteiger partial charge in [0.1, 0.15) is 0 Å². The number of fused-ring (bicyclic) bond motifs is 1. The number of carbonyl (C=O) groups is 2. The van der Waals surface area contributed by atoms with Crippen LogP contribution in [0, 0.1) is 5.82 Å². The average molecular weight is 287 g/mol. The number of nitrogens with one attached hydrogen (secondary N) is 3. The van der Waals surface area contributed by atoms with E-state index in [-0.39, 0.29) is 17.3 Å². The first-order valence-electron chi connectivity index (χ1n) is 6.05. The molecule has 21 heavy (non-hydrogen) atoms. The lowest BCUT2D eigenvalue weighted by atomic mass is 10.1. The van der Waals surface area contributed by atoms with Crippen molar-refractivity contribution < 1.29 is 14.0 Å². The summed E-state index contributed by atoms with van der Waals surface area (Å²) in [6.45, 7) is 0. The first kappa shape index (κ1) is 13.0. The molecular weight excluding hydrogens is 277 g/mol. The Morgan fingerprint density at radius 2 is 1.95 bits per heavy atom. The van der Waals surface area contributed by atoms with Gasteiger partial charge in [0.05, 0.1) is 17.3 Å². The zero-order valence-corrected chi connectivity index (χ0v) is 10.9. The van der Waals surface area contributed by atoms with E-state index < -0.39 is 17.6 Å². The molecule has 2 heterocycles. The van der Waals surface area contributed by atoms with Gasteiger partial charge in [0, 0.05) is 12.7 Å². The molecule has 106 valence electrons. The quantitative estimate of drug-likeness (QED) is 0.736. The SMILES string of the molecule is CNc1ncc(F)c(Nc2ccc3c(c2)C(=O)NC3=O)n1. The van der Waals surface area contributed by atoms with Gasteiger partial charge in [0.25, 0.3) is 11.8 Å². The molecule has 8 heteroatoms. The van der Waals surface area contributed by atoms with Gasteiger partial charge in [-0.05, 0) is 18.2 Å². The predicted molar refractivity (Wildman–Crippen MR) is 73.1 cm³/mol. The van der Waals surface area contributed by atoms with E-state index in [1.165, 1.54) is 12.1 Å². The van der Waals surface area contributed by atoms with Crippen molar-refractivity contribution in [1.29, 1.82) is 0 Å². The monoisotopic (exact) mass is 287 g/mol. The van der Waals surface area contributed by atoms with Crippen molar-refractivity contribution >= 4 is 29.3 Å². The molecule has 1 aromatic carbocycles. The van der Waals surface area contributed by atoms with Crippen LogP contribution in [0.2, 0.25) is 0 Å². The van der Waals surface area contributed by atoms with Crippen molar-refractivity contribution in [3.05, 3.63) is 41.3 Å². The Kier molecular flexibility index (Phi) is 2.98. The minimum Gasteiger partial charge on any atom is -0.357 e. The first-order valence-corrected chi connectivity index (χ1v) is 6.05. The highest BCUT2D eigenvalue weighted by Gasteiger charge is 2.26. The van der Waals surface area contributed by atoms with Crippen LogP contribution in [0.4, 0.5) is 21.8 Å². The zero-order valence-electron chi connectivity index (χ0n) is 10.9. The first-order chi connectivity index (χ1) is 10.1. The summed E-state index contributed by atoms with van der Waals surface area (Å²) >= 11 is 0. The van der Waals surface area contributed by atoms with Crippen LogP contribution in [0.15, 0.2) is 24.4 Å². The molecule has 1 aromatic heterocycles. The molecule has 2 aromatic rings. The number of amides is 2. The number of nitrogens with zero attached hydrogens (tertiary/aromatic N) is 2. The summed E-state index contributed by atoms with van der Waals surface area (Å²) in [5, 5.41) is 7.64. The van der Waals surface area contributed by atoms with E-state index in [0.29, 0.717) is 11.3 Å². The normalized spacial score (nSPS) is 12.9. The number of imide groups is 1. The van der Waals surface area contributed by atoms with E-state index in [2.05, 4.69) is 25.9 Å². The molecule has 0 fully saturated rings. The Morgan fingerprint density at radius 3 is 2.71 bits per heavy atom. The summed E-state index contributed by atoms with van der Waals surface area (Å²) in [5.74, 6) is -1.31. The number of halogens is 1. The summed E-state index contributed by atoms with van der Waals surface area (Å²) < 4.78 is 13.7. The van der Waals surface area contributed by atoms with Crippen LogP contribution in [0.1, 0.15) is 20.7 Å². The molecule has 3 N–H and O–H groups in total. The highest BCUT2D eigenvalue weighted by Crippen LogP contribution is 2.23. The fraction of sp³-hybridized carbons (Fsp3) is 0.0769. The van der Waals surface area contributed by atoms with Crippen LogP contribution in [0.25, 0.3) is 0 Å². The smallest absolute Gasteiger partial charge is 0.259 e. The number of aromatic nitrogens is 2. The predicted octanol–water partition coefficient (Wildman–Crippen LogP) is 1.28. The number of hydrogen-bond donors (Lipinski definition) is 3. The van der Waals surface area contributed by atoms with Gasteiger partial charge in [-0.3, -0.25) is 14.9 Å². The van der Waals surface area contributed by atoms with E-state index in [4.69, 9.17) is 0 Å². The molecular formula is C13H10FN5O2. The largest absolute Gasteiger partial charge is 0.357 e. The zero-order chi connectivity index (χ0) is 15.0. The Hall–Kier alpha value is -3.03. The maximum Gasteiger partial charge on any atom is 0.259 e. The Morgan fingerprint density at radius 1 is 1.19 bits per heavy atom. The van der Waals surface area contributed by atoms with Crippen molar-refractivity contribution in [1.82, 2.24) is 15.3 Å². The van der Waals surface area contributed by atoms with Gasteiger partial charge in [-0.1, -0.05) is 0 Å². The van der Waals surface area contributed by atoms with Crippen LogP contribution < -0.4 is 16.0 Å². The molecule has 0 atom stereocenters. The van der Waals surface area contributed by atoms with Crippen LogP contribution >= 0.6 is 0 Å². The molecule has 0 aliphatic carbocycles. The Bertz CT molecular complexity index is 762. The second kappa shape index (κ2) is 4.82. The molecule has 0 unspecified atom stereocenters. The van der Waals surface area contributed by atoms with Crippen molar-refractivity contribution in [2.75, 3.05) is 17.7 Å². The maximum absolute atomic E-state index is 13.7. The summed E-state index contributed by atoms with van der Waals surface area (Å²) in [4.78, 5) is 30.7. The fourth-order valence-electron chi connectivity index (χ4n) is 1.96. The highest BCUT2D eigenvalue weighted by molar-refractivity contribution is 6.21. The summed E-state index contributed by atoms with van der Waals surface area (Å²) in [5.41, 5.74) is 0.983. The number of hydrogen-bond acceptors (Lipinski definition) is 6. The minimum atomic E-state index is -0.630.